The van der Waals surface area contributed by atoms with Crippen LogP contribution in [0.3, 0.4) is 0 Å². The molecule has 1 saturated carbocycles. The van der Waals surface area contributed by atoms with Crippen LogP contribution < -0.4 is 11.1 Å². The van der Waals surface area contributed by atoms with Crippen molar-refractivity contribution in [2.24, 2.45) is 11.7 Å². The zero-order valence-electron chi connectivity index (χ0n) is 10.9. The van der Waals surface area contributed by atoms with Crippen LogP contribution in [0.1, 0.15) is 25.7 Å². The third-order valence-electron chi connectivity index (χ3n) is 3.71. The average Bonchev–Trinajstić information content (AvgIpc) is 3.14. The Hall–Kier alpha value is -0.160. The lowest BCUT2D eigenvalue weighted by Crippen LogP contribution is -2.42. The van der Waals surface area contributed by atoms with E-state index >= 15 is 0 Å². The molecule has 1 aliphatic carbocycles. The van der Waals surface area contributed by atoms with E-state index in [9.17, 15) is 0 Å². The van der Waals surface area contributed by atoms with Crippen LogP contribution in [-0.2, 0) is 4.74 Å². The lowest BCUT2D eigenvalue weighted by atomic mass is 10.1. The Morgan fingerprint density at radius 3 is 2.59 bits per heavy atom. The van der Waals surface area contributed by atoms with E-state index in [1.807, 2.05) is 0 Å². The Morgan fingerprint density at radius 1 is 1.12 bits per heavy atom. The molecule has 0 aromatic rings. The van der Waals surface area contributed by atoms with Crippen molar-refractivity contribution in [3.05, 3.63) is 0 Å². The Labute approximate surface area is 105 Å². The van der Waals surface area contributed by atoms with Crippen molar-refractivity contribution in [1.82, 2.24) is 10.2 Å². The van der Waals surface area contributed by atoms with E-state index in [-0.39, 0.29) is 0 Å². The molecule has 100 valence electrons. The molecule has 1 saturated heterocycles. The van der Waals surface area contributed by atoms with Crippen molar-refractivity contribution in [2.45, 2.75) is 31.7 Å². The lowest BCUT2D eigenvalue weighted by Gasteiger charge is -2.29. The molecule has 0 aromatic carbocycles. The van der Waals surface area contributed by atoms with Gasteiger partial charge in [0.2, 0.25) is 0 Å². The SMILES string of the molecule is NC1CCN(CCNCCOCC2CC2)CC1. The van der Waals surface area contributed by atoms with Gasteiger partial charge in [-0.3, -0.25) is 0 Å². The van der Waals surface area contributed by atoms with Gasteiger partial charge in [-0.25, -0.2) is 0 Å². The number of hydrogen-bond donors (Lipinski definition) is 2. The second-order valence-corrected chi connectivity index (χ2v) is 5.45. The quantitative estimate of drug-likeness (QED) is 0.605. The second kappa shape index (κ2) is 7.31. The summed E-state index contributed by atoms with van der Waals surface area (Å²) in [4.78, 5) is 2.50. The minimum atomic E-state index is 0.440. The fraction of sp³-hybridized carbons (Fsp3) is 1.00. The third kappa shape index (κ3) is 5.82. The number of nitrogens with two attached hydrogens (primary N) is 1. The number of hydrogen-bond acceptors (Lipinski definition) is 4. The van der Waals surface area contributed by atoms with Crippen LogP contribution in [0.5, 0.6) is 0 Å². The molecule has 1 aliphatic heterocycles. The molecule has 0 bridgehead atoms. The average molecular weight is 241 g/mol. The molecular weight excluding hydrogens is 214 g/mol. The van der Waals surface area contributed by atoms with Crippen molar-refractivity contribution < 1.29 is 4.74 Å². The molecule has 1 heterocycles. The molecule has 3 N–H and O–H groups in total. The number of piperidine rings is 1. The van der Waals surface area contributed by atoms with Crippen molar-refractivity contribution in [1.29, 1.82) is 0 Å². The van der Waals surface area contributed by atoms with Gasteiger partial charge in [0.05, 0.1) is 6.61 Å². The Bertz CT molecular complexity index is 201. The summed E-state index contributed by atoms with van der Waals surface area (Å²) in [6.07, 6.45) is 5.07. The maximum absolute atomic E-state index is 5.88. The van der Waals surface area contributed by atoms with Crippen LogP contribution >= 0.6 is 0 Å². The monoisotopic (exact) mass is 241 g/mol. The molecule has 0 atom stereocenters. The van der Waals surface area contributed by atoms with E-state index in [0.717, 1.165) is 51.6 Å². The maximum Gasteiger partial charge on any atom is 0.0591 e. The van der Waals surface area contributed by atoms with Crippen molar-refractivity contribution in [2.75, 3.05) is 45.9 Å². The van der Waals surface area contributed by atoms with Gasteiger partial charge in [0.1, 0.15) is 0 Å². The normalized spacial score (nSPS) is 23.1. The highest BCUT2D eigenvalue weighted by molar-refractivity contribution is 4.74. The molecule has 0 unspecified atom stereocenters. The molecule has 0 spiro atoms. The zero-order chi connectivity index (χ0) is 11.9. The number of nitrogens with one attached hydrogen (secondary N) is 1. The lowest BCUT2D eigenvalue weighted by molar-refractivity contribution is 0.125. The van der Waals surface area contributed by atoms with Crippen LogP contribution in [0, 0.1) is 5.92 Å². The Balaban J connectivity index is 1.35. The molecule has 17 heavy (non-hydrogen) atoms. The second-order valence-electron chi connectivity index (χ2n) is 5.45. The number of nitrogens with zero attached hydrogens (tertiary/aromatic N) is 1. The largest absolute Gasteiger partial charge is 0.380 e. The fourth-order valence-electron chi connectivity index (χ4n) is 2.22. The highest BCUT2D eigenvalue weighted by Gasteiger charge is 2.20. The minimum Gasteiger partial charge on any atom is -0.380 e. The van der Waals surface area contributed by atoms with Crippen molar-refractivity contribution in [3.8, 4) is 0 Å². The predicted molar refractivity (Wildman–Crippen MR) is 70.1 cm³/mol. The summed E-state index contributed by atoms with van der Waals surface area (Å²) >= 11 is 0. The number of rotatable bonds is 8. The first-order valence-electron chi connectivity index (χ1n) is 7.11. The van der Waals surface area contributed by atoms with Gasteiger partial charge in [-0.15, -0.1) is 0 Å². The zero-order valence-corrected chi connectivity index (χ0v) is 10.9. The van der Waals surface area contributed by atoms with Gasteiger partial charge in [-0.2, -0.15) is 0 Å². The first-order chi connectivity index (χ1) is 8.34. The Kier molecular flexibility index (Phi) is 5.71. The molecule has 0 aromatic heterocycles. The van der Waals surface area contributed by atoms with Gasteiger partial charge < -0.3 is 20.7 Å². The fourth-order valence-corrected chi connectivity index (χ4v) is 2.22. The summed E-state index contributed by atoms with van der Waals surface area (Å²) < 4.78 is 5.57. The van der Waals surface area contributed by atoms with E-state index < -0.39 is 0 Å². The molecular formula is C13H27N3O. The van der Waals surface area contributed by atoms with Crippen molar-refractivity contribution >= 4 is 0 Å². The topological polar surface area (TPSA) is 50.5 Å². The van der Waals surface area contributed by atoms with E-state index in [2.05, 4.69) is 10.2 Å². The summed E-state index contributed by atoms with van der Waals surface area (Å²) in [7, 11) is 0. The molecule has 2 fully saturated rings. The molecule has 4 heteroatoms. The maximum atomic E-state index is 5.88. The van der Waals surface area contributed by atoms with Crippen LogP contribution in [0.2, 0.25) is 0 Å². The molecule has 2 rings (SSSR count). The van der Waals surface area contributed by atoms with Gasteiger partial charge in [0.15, 0.2) is 0 Å². The van der Waals surface area contributed by atoms with E-state index in [1.54, 1.807) is 0 Å². The van der Waals surface area contributed by atoms with E-state index in [4.69, 9.17) is 10.5 Å². The molecule has 4 nitrogen and oxygen atoms in total. The minimum absolute atomic E-state index is 0.440. The molecule has 2 aliphatic rings. The van der Waals surface area contributed by atoms with Crippen LogP contribution in [-0.4, -0.2) is 56.9 Å². The first-order valence-corrected chi connectivity index (χ1v) is 7.11. The summed E-state index contributed by atoms with van der Waals surface area (Å²) in [5, 5.41) is 3.44. The summed E-state index contributed by atoms with van der Waals surface area (Å²) in [6.45, 7) is 7.38. The van der Waals surface area contributed by atoms with Gasteiger partial charge >= 0.3 is 0 Å². The van der Waals surface area contributed by atoms with Crippen molar-refractivity contribution in [3.63, 3.8) is 0 Å². The van der Waals surface area contributed by atoms with Gasteiger partial charge in [0.25, 0.3) is 0 Å². The standard InChI is InChI=1S/C13H27N3O/c14-13-3-7-16(8-4-13)9-5-15-6-10-17-11-12-1-2-12/h12-13,15H,1-11,14H2. The number of likely N-dealkylation sites (tertiary alicyclic amines) is 1. The van der Waals surface area contributed by atoms with Gasteiger partial charge in [-0.1, -0.05) is 0 Å². The smallest absolute Gasteiger partial charge is 0.0591 e. The highest BCUT2D eigenvalue weighted by atomic mass is 16.5. The predicted octanol–water partition coefficient (Wildman–Crippen LogP) is 0.426. The number of ether oxygens (including phenoxy) is 1. The van der Waals surface area contributed by atoms with E-state index in [0.29, 0.717) is 6.04 Å². The van der Waals surface area contributed by atoms with Gasteiger partial charge in [0, 0.05) is 32.3 Å². The summed E-state index contributed by atoms with van der Waals surface area (Å²) in [5.41, 5.74) is 5.88. The first kappa shape index (κ1) is 13.3. The van der Waals surface area contributed by atoms with Crippen LogP contribution in [0.4, 0.5) is 0 Å². The van der Waals surface area contributed by atoms with Gasteiger partial charge in [-0.05, 0) is 44.7 Å². The van der Waals surface area contributed by atoms with Crippen LogP contribution in [0.25, 0.3) is 0 Å². The Morgan fingerprint density at radius 2 is 1.88 bits per heavy atom. The summed E-state index contributed by atoms with van der Waals surface area (Å²) in [6, 6.07) is 0.440. The van der Waals surface area contributed by atoms with Crippen LogP contribution in [0.15, 0.2) is 0 Å². The highest BCUT2D eigenvalue weighted by Crippen LogP contribution is 2.28. The summed E-state index contributed by atoms with van der Waals surface area (Å²) in [5.74, 6) is 0.882. The van der Waals surface area contributed by atoms with E-state index in [1.165, 1.54) is 25.9 Å². The molecule has 0 radical (unpaired) electrons. The molecule has 0 amide bonds. The third-order valence-corrected chi connectivity index (χ3v) is 3.71.